The third-order valence-electron chi connectivity index (χ3n) is 3.63. The molecule has 1 rings (SSSR count). The van der Waals surface area contributed by atoms with E-state index >= 15 is 0 Å². The number of hydrogen-bond acceptors (Lipinski definition) is 4. The summed E-state index contributed by atoms with van der Waals surface area (Å²) in [5.74, 6) is -0.419. The fourth-order valence-corrected chi connectivity index (χ4v) is 4.95. The smallest absolute Gasteiger partial charge is 0.328 e. The average Bonchev–Trinajstić information content (AvgIpc) is 2.52. The van der Waals surface area contributed by atoms with E-state index in [1.807, 2.05) is 13.8 Å². The molecule has 1 aromatic carbocycles. The van der Waals surface area contributed by atoms with E-state index in [4.69, 9.17) is 4.74 Å². The molecule has 7 heteroatoms. The van der Waals surface area contributed by atoms with E-state index in [9.17, 15) is 13.2 Å². The zero-order chi connectivity index (χ0) is 17.7. The summed E-state index contributed by atoms with van der Waals surface area (Å²) in [4.78, 5) is 12.7. The number of esters is 1. The molecular weight excluding hydrogens is 382 g/mol. The molecule has 0 N–H and O–H groups in total. The second-order valence-electron chi connectivity index (χ2n) is 5.77. The molecule has 0 aromatic heterocycles. The Kier molecular flexibility index (Phi) is 7.23. The number of ether oxygens (including phenoxy) is 1. The van der Waals surface area contributed by atoms with Crippen LogP contribution in [0.4, 0.5) is 0 Å². The zero-order valence-corrected chi connectivity index (χ0v) is 16.4. The number of alkyl halides is 1. The average molecular weight is 406 g/mol. The molecule has 0 radical (unpaired) electrons. The maximum Gasteiger partial charge on any atom is 0.328 e. The first kappa shape index (κ1) is 20.1. The topological polar surface area (TPSA) is 63.7 Å². The maximum absolute atomic E-state index is 12.9. The fraction of sp³-hybridized carbons (Fsp3) is 0.562. The highest BCUT2D eigenvalue weighted by Gasteiger charge is 2.48. The Morgan fingerprint density at radius 1 is 1.30 bits per heavy atom. The van der Waals surface area contributed by atoms with Crippen molar-refractivity contribution >= 4 is 31.9 Å². The summed E-state index contributed by atoms with van der Waals surface area (Å²) in [6, 6.07) is 8.10. The number of benzene rings is 1. The third-order valence-corrected chi connectivity index (χ3v) is 6.49. The van der Waals surface area contributed by atoms with Gasteiger partial charge in [-0.1, -0.05) is 48.0 Å². The zero-order valence-electron chi connectivity index (χ0n) is 14.0. The Balaban J connectivity index is 3.38. The van der Waals surface area contributed by atoms with Gasteiger partial charge in [0, 0.05) is 12.4 Å². The number of nitrogens with zero attached hydrogens (tertiary/aromatic N) is 1. The van der Waals surface area contributed by atoms with E-state index in [1.165, 1.54) is 19.2 Å². The van der Waals surface area contributed by atoms with Crippen LogP contribution >= 0.6 is 15.9 Å². The number of carbonyl (C=O) groups excluding carboxylic acids is 1. The number of hydrogen-bond donors (Lipinski definition) is 0. The Morgan fingerprint density at radius 3 is 2.30 bits per heavy atom. The van der Waals surface area contributed by atoms with E-state index in [-0.39, 0.29) is 22.8 Å². The molecule has 5 nitrogen and oxygen atoms in total. The molecule has 0 bridgehead atoms. The van der Waals surface area contributed by atoms with Gasteiger partial charge in [0.15, 0.2) is 0 Å². The van der Waals surface area contributed by atoms with Crippen LogP contribution in [0.1, 0.15) is 27.2 Å². The van der Waals surface area contributed by atoms with Crippen molar-refractivity contribution in [1.82, 2.24) is 4.31 Å². The second kappa shape index (κ2) is 8.26. The first-order chi connectivity index (χ1) is 10.7. The number of sulfonamides is 1. The van der Waals surface area contributed by atoms with E-state index in [0.717, 1.165) is 4.31 Å². The van der Waals surface area contributed by atoms with Crippen molar-refractivity contribution in [2.75, 3.05) is 19.0 Å². The molecule has 1 aromatic rings. The van der Waals surface area contributed by atoms with Crippen molar-refractivity contribution in [2.45, 2.75) is 37.6 Å². The standard InChI is InChI=1S/C16H24BrNO4S/c1-5-22-15(19)16(12-17,11-13(2)3)18(4)23(20,21)14-9-7-6-8-10-14/h6-10,13H,5,11-12H2,1-4H3/t16-/m1/s1. The Bertz CT molecular complexity index is 618. The molecule has 0 spiro atoms. The molecule has 0 aliphatic rings. The highest BCUT2D eigenvalue weighted by atomic mass is 79.9. The summed E-state index contributed by atoms with van der Waals surface area (Å²) in [5, 5.41) is 0.166. The third kappa shape index (κ3) is 4.33. The van der Waals surface area contributed by atoms with Crippen LogP contribution in [-0.2, 0) is 19.6 Å². The lowest BCUT2D eigenvalue weighted by molar-refractivity contribution is -0.153. The van der Waals surface area contributed by atoms with Crippen LogP contribution in [0.15, 0.2) is 35.2 Å². The maximum atomic E-state index is 12.9. The van der Waals surface area contributed by atoms with Gasteiger partial charge in [0.05, 0.1) is 11.5 Å². The highest BCUT2D eigenvalue weighted by Crippen LogP contribution is 2.32. The van der Waals surface area contributed by atoms with E-state index < -0.39 is 21.5 Å². The van der Waals surface area contributed by atoms with Gasteiger partial charge in [0.25, 0.3) is 0 Å². The van der Waals surface area contributed by atoms with Gasteiger partial charge in [-0.15, -0.1) is 0 Å². The quantitative estimate of drug-likeness (QED) is 0.492. The number of rotatable bonds is 8. The van der Waals surface area contributed by atoms with Crippen molar-refractivity contribution in [3.63, 3.8) is 0 Å². The van der Waals surface area contributed by atoms with Crippen molar-refractivity contribution in [3.8, 4) is 0 Å². The summed E-state index contributed by atoms with van der Waals surface area (Å²) in [6.45, 7) is 5.79. The molecule has 0 saturated carbocycles. The SMILES string of the molecule is CCOC(=O)[C@](CBr)(CC(C)C)N(C)S(=O)(=O)c1ccccc1. The molecule has 0 heterocycles. The van der Waals surface area contributed by atoms with Gasteiger partial charge in [-0.25, -0.2) is 13.2 Å². The molecule has 130 valence electrons. The number of likely N-dealkylation sites (N-methyl/N-ethyl adjacent to an activating group) is 1. The Morgan fingerprint density at radius 2 is 1.87 bits per heavy atom. The fourth-order valence-electron chi connectivity index (χ4n) is 2.46. The minimum absolute atomic E-state index is 0.116. The number of halogens is 1. The first-order valence-corrected chi connectivity index (χ1v) is 10.1. The molecule has 0 saturated heterocycles. The molecule has 0 aliphatic carbocycles. The van der Waals surface area contributed by atoms with E-state index in [2.05, 4.69) is 15.9 Å². The van der Waals surface area contributed by atoms with Gasteiger partial charge in [-0.3, -0.25) is 0 Å². The van der Waals surface area contributed by atoms with Gasteiger partial charge in [0.1, 0.15) is 5.54 Å². The van der Waals surface area contributed by atoms with Crippen LogP contribution in [0.25, 0.3) is 0 Å². The minimum atomic E-state index is -3.82. The van der Waals surface area contributed by atoms with Crippen LogP contribution in [0.2, 0.25) is 0 Å². The van der Waals surface area contributed by atoms with Crippen LogP contribution < -0.4 is 0 Å². The molecule has 0 aliphatic heterocycles. The van der Waals surface area contributed by atoms with Crippen molar-refractivity contribution in [1.29, 1.82) is 0 Å². The predicted molar refractivity (Wildman–Crippen MR) is 94.0 cm³/mol. The monoisotopic (exact) mass is 405 g/mol. The van der Waals surface area contributed by atoms with Crippen LogP contribution in [0.5, 0.6) is 0 Å². The van der Waals surface area contributed by atoms with Crippen molar-refractivity contribution < 1.29 is 17.9 Å². The van der Waals surface area contributed by atoms with Gasteiger partial charge >= 0.3 is 5.97 Å². The summed E-state index contributed by atoms with van der Waals surface area (Å²) in [7, 11) is -2.38. The highest BCUT2D eigenvalue weighted by molar-refractivity contribution is 9.09. The lowest BCUT2D eigenvalue weighted by Gasteiger charge is -2.38. The lowest BCUT2D eigenvalue weighted by Crippen LogP contribution is -2.58. The van der Waals surface area contributed by atoms with E-state index in [0.29, 0.717) is 6.42 Å². The molecule has 0 fully saturated rings. The van der Waals surface area contributed by atoms with Crippen LogP contribution in [0, 0.1) is 5.92 Å². The van der Waals surface area contributed by atoms with Crippen LogP contribution in [0.3, 0.4) is 0 Å². The van der Waals surface area contributed by atoms with E-state index in [1.54, 1.807) is 25.1 Å². The molecule has 0 amide bonds. The summed E-state index contributed by atoms with van der Waals surface area (Å²) < 4.78 is 32.2. The normalized spacial score (nSPS) is 14.7. The van der Waals surface area contributed by atoms with Crippen LogP contribution in [-0.4, -0.2) is 43.2 Å². The Labute approximate surface area is 147 Å². The molecule has 0 unspecified atom stereocenters. The summed E-state index contributed by atoms with van der Waals surface area (Å²) in [5.41, 5.74) is -1.28. The number of carbonyl (C=O) groups is 1. The molecule has 23 heavy (non-hydrogen) atoms. The van der Waals surface area contributed by atoms with Gasteiger partial charge < -0.3 is 4.74 Å². The summed E-state index contributed by atoms with van der Waals surface area (Å²) in [6.07, 6.45) is 0.361. The van der Waals surface area contributed by atoms with Gasteiger partial charge in [-0.2, -0.15) is 4.31 Å². The lowest BCUT2D eigenvalue weighted by atomic mass is 9.91. The minimum Gasteiger partial charge on any atom is -0.465 e. The Hall–Kier alpha value is -0.920. The first-order valence-electron chi connectivity index (χ1n) is 7.49. The van der Waals surface area contributed by atoms with Crippen molar-refractivity contribution in [3.05, 3.63) is 30.3 Å². The second-order valence-corrected chi connectivity index (χ2v) is 8.30. The summed E-state index contributed by atoms with van der Waals surface area (Å²) >= 11 is 3.33. The molecular formula is C16H24BrNO4S. The molecule has 1 atom stereocenters. The van der Waals surface area contributed by atoms with Gasteiger partial charge in [0.2, 0.25) is 10.0 Å². The largest absolute Gasteiger partial charge is 0.465 e. The predicted octanol–water partition coefficient (Wildman–Crippen LogP) is 3.05. The van der Waals surface area contributed by atoms with Gasteiger partial charge in [-0.05, 0) is 31.4 Å². The van der Waals surface area contributed by atoms with Crippen molar-refractivity contribution in [2.24, 2.45) is 5.92 Å².